The van der Waals surface area contributed by atoms with Crippen molar-refractivity contribution >= 4 is 34.0 Å². The van der Waals surface area contributed by atoms with E-state index in [0.29, 0.717) is 23.2 Å². The lowest BCUT2D eigenvalue weighted by molar-refractivity contribution is -0.223. The highest BCUT2D eigenvalue weighted by molar-refractivity contribution is 6.35. The number of hydrogen-bond donors (Lipinski definition) is 0. The van der Waals surface area contributed by atoms with Crippen molar-refractivity contribution in [3.05, 3.63) is 88.9 Å². The van der Waals surface area contributed by atoms with Crippen molar-refractivity contribution < 1.29 is 14.2 Å². The number of halogens is 2. The molecule has 0 amide bonds. The Morgan fingerprint density at radius 1 is 1.06 bits per heavy atom. The first-order valence-corrected chi connectivity index (χ1v) is 12.1. The van der Waals surface area contributed by atoms with E-state index in [1.54, 1.807) is 17.1 Å². The third-order valence-corrected chi connectivity index (χ3v) is 6.49. The van der Waals surface area contributed by atoms with Crippen molar-refractivity contribution in [1.29, 1.82) is 0 Å². The summed E-state index contributed by atoms with van der Waals surface area (Å²) in [7, 11) is 0. The van der Waals surface area contributed by atoms with E-state index in [1.807, 2.05) is 36.4 Å². The maximum absolute atomic E-state index is 6.51. The topological polar surface area (TPSA) is 58.4 Å². The summed E-state index contributed by atoms with van der Waals surface area (Å²) in [6, 6.07) is 19.7. The number of fused-ring (bicyclic) bond motifs is 1. The Morgan fingerprint density at radius 2 is 1.94 bits per heavy atom. The van der Waals surface area contributed by atoms with Gasteiger partial charge >= 0.3 is 0 Å². The number of benzene rings is 3. The summed E-state index contributed by atoms with van der Waals surface area (Å²) in [4.78, 5) is 4.03. The monoisotopic (exact) mass is 497 g/mol. The highest BCUT2D eigenvalue weighted by atomic mass is 35.5. The van der Waals surface area contributed by atoms with Crippen molar-refractivity contribution in [2.75, 3.05) is 6.61 Å². The molecule has 4 aromatic rings. The van der Waals surface area contributed by atoms with Crippen LogP contribution in [0, 0.1) is 0 Å². The highest BCUT2D eigenvalue weighted by Gasteiger charge is 2.28. The lowest BCUT2D eigenvalue weighted by Gasteiger charge is -2.33. The van der Waals surface area contributed by atoms with Crippen LogP contribution < -0.4 is 4.74 Å². The Labute approximate surface area is 208 Å². The van der Waals surface area contributed by atoms with Gasteiger partial charge in [0.25, 0.3) is 0 Å². The normalized spacial score (nSPS) is 19.2. The van der Waals surface area contributed by atoms with E-state index >= 15 is 0 Å². The summed E-state index contributed by atoms with van der Waals surface area (Å²) in [6.45, 7) is 0.918. The van der Waals surface area contributed by atoms with Crippen molar-refractivity contribution in [1.82, 2.24) is 14.8 Å². The number of nitrogens with zero attached hydrogens (tertiary/aromatic N) is 3. The van der Waals surface area contributed by atoms with Gasteiger partial charge in [-0.3, -0.25) is 4.68 Å². The molecule has 1 saturated heterocycles. The molecule has 3 atom stereocenters. The molecule has 0 aliphatic carbocycles. The second-order valence-corrected chi connectivity index (χ2v) is 9.16. The van der Waals surface area contributed by atoms with Gasteiger partial charge in [0.2, 0.25) is 0 Å². The highest BCUT2D eigenvalue weighted by Crippen LogP contribution is 2.33. The predicted molar refractivity (Wildman–Crippen MR) is 132 cm³/mol. The van der Waals surface area contributed by atoms with Crippen LogP contribution in [0.15, 0.2) is 73.3 Å². The molecule has 1 aromatic heterocycles. The third-order valence-electron chi connectivity index (χ3n) is 5.93. The molecule has 3 aromatic carbocycles. The number of aromatic nitrogens is 3. The van der Waals surface area contributed by atoms with E-state index in [0.717, 1.165) is 41.3 Å². The lowest BCUT2D eigenvalue weighted by Crippen LogP contribution is -2.35. The van der Waals surface area contributed by atoms with Crippen molar-refractivity contribution in [2.24, 2.45) is 0 Å². The zero-order chi connectivity index (χ0) is 23.3. The number of hydrogen-bond acceptors (Lipinski definition) is 5. The number of rotatable bonds is 8. The molecule has 3 unspecified atom stereocenters. The van der Waals surface area contributed by atoms with Gasteiger partial charge in [0, 0.05) is 21.0 Å². The van der Waals surface area contributed by atoms with Crippen LogP contribution in [-0.2, 0) is 16.0 Å². The molecule has 0 spiro atoms. The Hall–Kier alpha value is -2.64. The molecule has 8 heteroatoms. The van der Waals surface area contributed by atoms with Gasteiger partial charge in [-0.25, -0.2) is 4.98 Å². The summed E-state index contributed by atoms with van der Waals surface area (Å²) in [6.07, 6.45) is 5.04. The fraction of sp³-hybridized carbons (Fsp3) is 0.308. The maximum atomic E-state index is 6.51. The fourth-order valence-corrected chi connectivity index (χ4v) is 4.78. The first kappa shape index (κ1) is 23.1. The van der Waals surface area contributed by atoms with Gasteiger partial charge in [0.1, 0.15) is 31.1 Å². The van der Waals surface area contributed by atoms with E-state index in [9.17, 15) is 0 Å². The molecule has 1 aliphatic rings. The Morgan fingerprint density at radius 3 is 2.79 bits per heavy atom. The van der Waals surface area contributed by atoms with Gasteiger partial charge in [0.05, 0.1) is 12.6 Å². The van der Waals surface area contributed by atoms with Crippen LogP contribution in [0.1, 0.15) is 30.9 Å². The van der Waals surface area contributed by atoms with Crippen LogP contribution in [-0.4, -0.2) is 33.8 Å². The zero-order valence-corrected chi connectivity index (χ0v) is 20.0. The van der Waals surface area contributed by atoms with Crippen molar-refractivity contribution in [3.8, 4) is 5.75 Å². The van der Waals surface area contributed by atoms with Gasteiger partial charge < -0.3 is 14.2 Å². The molecule has 0 N–H and O–H groups in total. The third kappa shape index (κ3) is 5.53. The van der Waals surface area contributed by atoms with Gasteiger partial charge in [-0.1, -0.05) is 65.7 Å². The quantitative estimate of drug-likeness (QED) is 0.279. The molecule has 1 aliphatic heterocycles. The number of ether oxygens (including phenoxy) is 3. The molecule has 0 bridgehead atoms. The SMILES string of the molecule is Clc1ccc(C(Cn2cncn2)OC2CCCC(COc3cccc4ccccc34)O2)c(Cl)c1. The maximum Gasteiger partial charge on any atom is 0.159 e. The van der Waals surface area contributed by atoms with Crippen LogP contribution in [0.2, 0.25) is 10.0 Å². The molecule has 2 heterocycles. The van der Waals surface area contributed by atoms with Crippen LogP contribution in [0.4, 0.5) is 0 Å². The second kappa shape index (κ2) is 10.7. The van der Waals surface area contributed by atoms with Crippen LogP contribution in [0.25, 0.3) is 10.8 Å². The Bertz CT molecular complexity index is 1230. The average Bonchev–Trinajstić information content (AvgIpc) is 3.36. The summed E-state index contributed by atoms with van der Waals surface area (Å²) < 4.78 is 20.6. The Balaban J connectivity index is 1.26. The van der Waals surface area contributed by atoms with Gasteiger partial charge in [-0.2, -0.15) is 5.10 Å². The van der Waals surface area contributed by atoms with E-state index in [1.165, 1.54) is 6.33 Å². The summed E-state index contributed by atoms with van der Waals surface area (Å²) in [5, 5.41) is 7.59. The molecular formula is C26H25Cl2N3O3. The van der Waals surface area contributed by atoms with E-state index in [-0.39, 0.29) is 18.5 Å². The summed E-state index contributed by atoms with van der Waals surface area (Å²) >= 11 is 12.6. The first-order valence-electron chi connectivity index (χ1n) is 11.3. The Kier molecular flexibility index (Phi) is 7.30. The van der Waals surface area contributed by atoms with Gasteiger partial charge in [0.15, 0.2) is 6.29 Å². The first-order chi connectivity index (χ1) is 16.7. The minimum atomic E-state index is -0.380. The standard InChI is InChI=1S/C26H25Cl2N3O3/c27-19-11-12-22(23(28)13-19)25(14-31-17-29-16-30-31)34-26-10-4-7-20(33-26)15-32-24-9-3-6-18-5-1-2-8-21(18)24/h1-3,5-6,8-9,11-13,16-17,20,25-26H,4,7,10,14-15H2. The smallest absolute Gasteiger partial charge is 0.159 e. The van der Waals surface area contributed by atoms with E-state index in [2.05, 4.69) is 28.3 Å². The molecule has 5 rings (SSSR count). The minimum absolute atomic E-state index is 0.0644. The molecule has 6 nitrogen and oxygen atoms in total. The van der Waals surface area contributed by atoms with Crippen LogP contribution in [0.3, 0.4) is 0 Å². The minimum Gasteiger partial charge on any atom is -0.490 e. The summed E-state index contributed by atoms with van der Waals surface area (Å²) in [5.41, 5.74) is 0.833. The summed E-state index contributed by atoms with van der Waals surface area (Å²) in [5.74, 6) is 0.863. The largest absolute Gasteiger partial charge is 0.490 e. The van der Waals surface area contributed by atoms with Crippen molar-refractivity contribution in [3.63, 3.8) is 0 Å². The van der Waals surface area contributed by atoms with E-state index in [4.69, 9.17) is 37.4 Å². The molecule has 0 radical (unpaired) electrons. The zero-order valence-electron chi connectivity index (χ0n) is 18.5. The van der Waals surface area contributed by atoms with Crippen LogP contribution >= 0.6 is 23.2 Å². The average molecular weight is 498 g/mol. The van der Waals surface area contributed by atoms with Gasteiger partial charge in [-0.15, -0.1) is 0 Å². The molecule has 176 valence electrons. The fourth-order valence-electron chi connectivity index (χ4n) is 4.25. The molecule has 34 heavy (non-hydrogen) atoms. The lowest BCUT2D eigenvalue weighted by atomic mass is 10.1. The van der Waals surface area contributed by atoms with Crippen LogP contribution in [0.5, 0.6) is 5.75 Å². The molecular weight excluding hydrogens is 473 g/mol. The van der Waals surface area contributed by atoms with Gasteiger partial charge in [-0.05, 0) is 42.8 Å². The predicted octanol–water partition coefficient (Wildman–Crippen LogP) is 6.47. The second-order valence-electron chi connectivity index (χ2n) is 8.31. The molecule has 1 fully saturated rings. The molecule has 0 saturated carbocycles. The van der Waals surface area contributed by atoms with E-state index < -0.39 is 0 Å². The van der Waals surface area contributed by atoms with Crippen molar-refractivity contribution in [2.45, 2.75) is 44.3 Å².